The molecule has 0 fully saturated rings. The molecule has 6 heteroatoms. The highest BCUT2D eigenvalue weighted by Gasteiger charge is 2.08. The number of aliphatic hydroxyl groups is 2. The van der Waals surface area contributed by atoms with Crippen molar-refractivity contribution < 1.29 is 14.6 Å². The fourth-order valence-corrected chi connectivity index (χ4v) is 2.97. The predicted molar refractivity (Wildman–Crippen MR) is 79.4 cm³/mol. The highest BCUT2D eigenvalue weighted by Crippen LogP contribution is 2.24. The van der Waals surface area contributed by atoms with Crippen LogP contribution < -0.4 is 5.63 Å². The van der Waals surface area contributed by atoms with Gasteiger partial charge >= 0.3 is 5.63 Å². The highest BCUT2D eigenvalue weighted by molar-refractivity contribution is 9.10. The van der Waals surface area contributed by atoms with Crippen molar-refractivity contribution in [2.24, 2.45) is 0 Å². The third kappa shape index (κ3) is 3.82. The van der Waals surface area contributed by atoms with Crippen LogP contribution in [0.4, 0.5) is 0 Å². The number of fused-ring (bicyclic) bond motifs is 1. The minimum absolute atomic E-state index is 0.252. The molecule has 1 aromatic heterocycles. The lowest BCUT2D eigenvalue weighted by atomic mass is 10.1. The van der Waals surface area contributed by atoms with Gasteiger partial charge in [0.05, 0.1) is 12.7 Å². The van der Waals surface area contributed by atoms with Gasteiger partial charge in [-0.3, -0.25) is 0 Å². The van der Waals surface area contributed by atoms with Crippen molar-refractivity contribution in [3.05, 3.63) is 44.7 Å². The zero-order valence-corrected chi connectivity index (χ0v) is 12.4. The molecular weight excluding hydrogens is 332 g/mol. The molecule has 1 unspecified atom stereocenters. The molecule has 0 aliphatic rings. The summed E-state index contributed by atoms with van der Waals surface area (Å²) < 4.78 is 6.00. The Bertz CT molecular complexity index is 626. The van der Waals surface area contributed by atoms with Gasteiger partial charge in [-0.15, -0.1) is 0 Å². The molecule has 0 aliphatic carbocycles. The van der Waals surface area contributed by atoms with Gasteiger partial charge in [-0.05, 0) is 23.8 Å². The smallest absolute Gasteiger partial charge is 0.336 e. The van der Waals surface area contributed by atoms with Crippen LogP contribution in [0.15, 0.2) is 37.9 Å². The van der Waals surface area contributed by atoms with Gasteiger partial charge < -0.3 is 14.6 Å². The first kappa shape index (κ1) is 14.6. The fraction of sp³-hybridized carbons (Fsp3) is 0.308. The first-order valence-corrected chi connectivity index (χ1v) is 7.64. The van der Waals surface area contributed by atoms with Gasteiger partial charge in [0, 0.05) is 27.4 Å². The summed E-state index contributed by atoms with van der Waals surface area (Å²) in [4.78, 5) is 11.5. The first-order valence-electron chi connectivity index (χ1n) is 5.69. The van der Waals surface area contributed by atoms with Crippen LogP contribution in [0.3, 0.4) is 0 Å². The lowest BCUT2D eigenvalue weighted by Crippen LogP contribution is -2.14. The van der Waals surface area contributed by atoms with Crippen molar-refractivity contribution >= 4 is 38.7 Å². The Morgan fingerprint density at radius 2 is 2.16 bits per heavy atom. The van der Waals surface area contributed by atoms with Crippen LogP contribution in [-0.4, -0.2) is 28.7 Å². The topological polar surface area (TPSA) is 70.7 Å². The van der Waals surface area contributed by atoms with E-state index in [1.807, 2.05) is 12.1 Å². The monoisotopic (exact) mass is 344 g/mol. The Labute approximate surface area is 122 Å². The molecule has 1 atom stereocenters. The van der Waals surface area contributed by atoms with E-state index in [2.05, 4.69) is 15.9 Å². The van der Waals surface area contributed by atoms with Crippen molar-refractivity contribution in [1.82, 2.24) is 0 Å². The summed E-state index contributed by atoms with van der Waals surface area (Å²) in [6.45, 7) is -0.252. The van der Waals surface area contributed by atoms with Crippen LogP contribution in [0.5, 0.6) is 0 Å². The van der Waals surface area contributed by atoms with Crippen molar-refractivity contribution in [1.29, 1.82) is 0 Å². The van der Waals surface area contributed by atoms with Gasteiger partial charge in [-0.1, -0.05) is 15.9 Å². The van der Waals surface area contributed by atoms with E-state index in [9.17, 15) is 9.90 Å². The number of aliphatic hydroxyl groups excluding tert-OH is 2. The molecule has 19 heavy (non-hydrogen) atoms. The molecule has 0 spiro atoms. The molecule has 0 amide bonds. The average Bonchev–Trinajstić information content (AvgIpc) is 2.37. The second-order valence-corrected chi connectivity index (χ2v) is 6.03. The molecule has 0 bridgehead atoms. The molecule has 2 N–H and O–H groups in total. The quantitative estimate of drug-likeness (QED) is 0.813. The molecule has 102 valence electrons. The number of rotatable bonds is 5. The van der Waals surface area contributed by atoms with Crippen LogP contribution in [0.2, 0.25) is 0 Å². The van der Waals surface area contributed by atoms with E-state index in [0.29, 0.717) is 17.1 Å². The van der Waals surface area contributed by atoms with E-state index in [1.54, 1.807) is 6.07 Å². The van der Waals surface area contributed by atoms with Gasteiger partial charge in [0.2, 0.25) is 0 Å². The lowest BCUT2D eigenvalue weighted by Gasteiger charge is -2.08. The summed E-state index contributed by atoms with van der Waals surface area (Å²) in [5, 5.41) is 18.9. The Balaban J connectivity index is 2.24. The molecule has 1 aromatic carbocycles. The summed E-state index contributed by atoms with van der Waals surface area (Å²) in [5.41, 5.74) is 1.03. The Morgan fingerprint density at radius 1 is 1.37 bits per heavy atom. The molecule has 0 radical (unpaired) electrons. The second kappa shape index (κ2) is 6.56. The molecule has 0 saturated heterocycles. The molecule has 0 aliphatic heterocycles. The van der Waals surface area contributed by atoms with Crippen molar-refractivity contribution in [3.63, 3.8) is 0 Å². The number of thioether (sulfide) groups is 1. The second-order valence-electron chi connectivity index (χ2n) is 4.08. The number of halogens is 1. The summed E-state index contributed by atoms with van der Waals surface area (Å²) >= 11 is 4.80. The molecule has 4 nitrogen and oxygen atoms in total. The number of hydrogen-bond acceptors (Lipinski definition) is 5. The van der Waals surface area contributed by atoms with E-state index >= 15 is 0 Å². The minimum atomic E-state index is -0.731. The van der Waals surface area contributed by atoms with Gasteiger partial charge in [0.25, 0.3) is 0 Å². The van der Waals surface area contributed by atoms with Gasteiger partial charge in [-0.25, -0.2) is 4.79 Å². The van der Waals surface area contributed by atoms with Gasteiger partial charge in [0.15, 0.2) is 0 Å². The summed E-state index contributed by atoms with van der Waals surface area (Å²) in [5.74, 6) is 1.01. The number of hydrogen-bond donors (Lipinski definition) is 2. The maximum Gasteiger partial charge on any atom is 0.336 e. The Hall–Kier alpha value is -0.820. The number of benzene rings is 1. The molecule has 1 heterocycles. The van der Waals surface area contributed by atoms with E-state index in [0.717, 1.165) is 15.4 Å². The van der Waals surface area contributed by atoms with Gasteiger partial charge in [0.1, 0.15) is 5.58 Å². The summed E-state index contributed by atoms with van der Waals surface area (Å²) in [6, 6.07) is 7.00. The van der Waals surface area contributed by atoms with E-state index in [-0.39, 0.29) is 12.2 Å². The van der Waals surface area contributed by atoms with Crippen LogP contribution in [0.1, 0.15) is 5.56 Å². The summed E-state index contributed by atoms with van der Waals surface area (Å²) in [6.07, 6.45) is -0.731. The largest absolute Gasteiger partial charge is 0.423 e. The van der Waals surface area contributed by atoms with Crippen molar-refractivity contribution in [3.8, 4) is 0 Å². The molecular formula is C13H13BrO4S. The van der Waals surface area contributed by atoms with E-state index in [4.69, 9.17) is 9.52 Å². The zero-order chi connectivity index (χ0) is 13.8. The molecule has 0 saturated carbocycles. The Kier molecular flexibility index (Phi) is 5.04. The van der Waals surface area contributed by atoms with E-state index in [1.165, 1.54) is 17.8 Å². The van der Waals surface area contributed by atoms with Crippen LogP contribution in [-0.2, 0) is 5.75 Å². The van der Waals surface area contributed by atoms with Crippen LogP contribution >= 0.6 is 27.7 Å². The SMILES string of the molecule is O=c1cc(CSCC(O)CO)c2ccc(Br)cc2o1. The molecule has 2 aromatic rings. The lowest BCUT2D eigenvalue weighted by molar-refractivity contribution is 0.113. The normalized spacial score (nSPS) is 12.8. The van der Waals surface area contributed by atoms with E-state index < -0.39 is 6.10 Å². The predicted octanol–water partition coefficient (Wildman–Crippen LogP) is 2.14. The zero-order valence-electron chi connectivity index (χ0n) is 10.0. The van der Waals surface area contributed by atoms with Crippen LogP contribution in [0.25, 0.3) is 11.0 Å². The van der Waals surface area contributed by atoms with Gasteiger partial charge in [-0.2, -0.15) is 11.8 Å². The minimum Gasteiger partial charge on any atom is -0.423 e. The first-order chi connectivity index (χ1) is 9.10. The third-order valence-electron chi connectivity index (χ3n) is 2.57. The third-order valence-corrected chi connectivity index (χ3v) is 4.20. The van der Waals surface area contributed by atoms with Crippen molar-refractivity contribution in [2.45, 2.75) is 11.9 Å². The van der Waals surface area contributed by atoms with Crippen LogP contribution in [0, 0.1) is 0 Å². The average molecular weight is 345 g/mol. The highest BCUT2D eigenvalue weighted by atomic mass is 79.9. The maximum absolute atomic E-state index is 11.5. The summed E-state index contributed by atoms with van der Waals surface area (Å²) in [7, 11) is 0. The standard InChI is InChI=1S/C13H13BrO4S/c14-9-1-2-11-8(6-19-7-10(16)5-15)3-13(17)18-12(11)4-9/h1-4,10,15-16H,5-7H2. The fourth-order valence-electron chi connectivity index (χ4n) is 1.68. The maximum atomic E-state index is 11.5. The molecule has 2 rings (SSSR count). The Morgan fingerprint density at radius 3 is 2.89 bits per heavy atom. The van der Waals surface area contributed by atoms with Crippen molar-refractivity contribution in [2.75, 3.05) is 12.4 Å².